The van der Waals surface area contributed by atoms with E-state index in [-0.39, 0.29) is 17.7 Å². The maximum absolute atomic E-state index is 12.4. The fourth-order valence-corrected chi connectivity index (χ4v) is 2.31. The van der Waals surface area contributed by atoms with Crippen LogP contribution in [0, 0.1) is 5.92 Å². The van der Waals surface area contributed by atoms with E-state index >= 15 is 0 Å². The molecule has 0 spiro atoms. The van der Waals surface area contributed by atoms with Crippen LogP contribution in [0.15, 0.2) is 42.5 Å². The summed E-state index contributed by atoms with van der Waals surface area (Å²) in [6, 6.07) is 11.9. The van der Waals surface area contributed by atoms with Crippen molar-refractivity contribution in [1.82, 2.24) is 0 Å². The second-order valence-electron chi connectivity index (χ2n) is 5.76. The van der Waals surface area contributed by atoms with Crippen LogP contribution < -0.4 is 15.4 Å². The number of halogens is 1. The molecule has 0 aliphatic carbocycles. The molecule has 2 amide bonds. The predicted octanol–water partition coefficient (Wildman–Crippen LogP) is 4.59. The first-order valence-electron chi connectivity index (χ1n) is 8.05. The van der Waals surface area contributed by atoms with Gasteiger partial charge < -0.3 is 15.4 Å². The van der Waals surface area contributed by atoms with Gasteiger partial charge >= 0.3 is 0 Å². The Labute approximate surface area is 152 Å². The van der Waals surface area contributed by atoms with Crippen LogP contribution in [0.25, 0.3) is 0 Å². The van der Waals surface area contributed by atoms with Gasteiger partial charge in [0.2, 0.25) is 5.91 Å². The van der Waals surface area contributed by atoms with Crippen LogP contribution in [0.5, 0.6) is 5.75 Å². The number of anilines is 2. The van der Waals surface area contributed by atoms with Crippen LogP contribution in [0.1, 0.15) is 31.1 Å². The number of rotatable bonds is 6. The molecule has 0 saturated carbocycles. The fourth-order valence-electron chi connectivity index (χ4n) is 2.08. The molecule has 0 aromatic heterocycles. The summed E-state index contributed by atoms with van der Waals surface area (Å²) in [7, 11) is 0. The molecule has 25 heavy (non-hydrogen) atoms. The molecule has 2 rings (SSSR count). The zero-order valence-corrected chi connectivity index (χ0v) is 15.2. The van der Waals surface area contributed by atoms with Crippen molar-refractivity contribution in [3.63, 3.8) is 0 Å². The summed E-state index contributed by atoms with van der Waals surface area (Å²) >= 11 is 6.11. The lowest BCUT2D eigenvalue weighted by Gasteiger charge is -2.11. The van der Waals surface area contributed by atoms with E-state index in [0.29, 0.717) is 34.3 Å². The standard InChI is InChI=1S/C19H21ClN2O3/c1-4-25-17-9-8-13(10-16(17)20)19(24)22-15-7-5-6-14(11-15)21-18(23)12(2)3/h5-12H,4H2,1-3H3,(H,21,23)(H,22,24). The predicted molar refractivity (Wildman–Crippen MR) is 100 cm³/mol. The van der Waals surface area contributed by atoms with Gasteiger partial charge in [0, 0.05) is 22.9 Å². The maximum atomic E-state index is 12.4. The monoisotopic (exact) mass is 360 g/mol. The van der Waals surface area contributed by atoms with Gasteiger partial charge in [-0.3, -0.25) is 9.59 Å². The quantitative estimate of drug-likeness (QED) is 0.791. The van der Waals surface area contributed by atoms with Gasteiger partial charge in [0.1, 0.15) is 5.75 Å². The third-order valence-electron chi connectivity index (χ3n) is 3.41. The number of amides is 2. The first-order chi connectivity index (χ1) is 11.9. The maximum Gasteiger partial charge on any atom is 0.255 e. The lowest BCUT2D eigenvalue weighted by Crippen LogP contribution is -2.18. The van der Waals surface area contributed by atoms with Crippen molar-refractivity contribution in [2.75, 3.05) is 17.2 Å². The van der Waals surface area contributed by atoms with E-state index in [1.165, 1.54) is 0 Å². The summed E-state index contributed by atoms with van der Waals surface area (Å²) in [6.07, 6.45) is 0. The number of hydrogen-bond donors (Lipinski definition) is 2. The normalized spacial score (nSPS) is 10.4. The molecule has 0 saturated heterocycles. The van der Waals surface area contributed by atoms with Crippen molar-refractivity contribution in [1.29, 1.82) is 0 Å². The lowest BCUT2D eigenvalue weighted by molar-refractivity contribution is -0.118. The average molecular weight is 361 g/mol. The van der Waals surface area contributed by atoms with E-state index in [1.54, 1.807) is 42.5 Å². The minimum Gasteiger partial charge on any atom is -0.492 e. The second-order valence-corrected chi connectivity index (χ2v) is 6.16. The SMILES string of the molecule is CCOc1ccc(C(=O)Nc2cccc(NC(=O)C(C)C)c2)cc1Cl. The minimum absolute atomic E-state index is 0.0817. The molecule has 0 aliphatic rings. The highest BCUT2D eigenvalue weighted by molar-refractivity contribution is 6.32. The first kappa shape index (κ1) is 18.8. The van der Waals surface area contributed by atoms with Crippen molar-refractivity contribution in [3.05, 3.63) is 53.1 Å². The van der Waals surface area contributed by atoms with Gasteiger partial charge in [-0.15, -0.1) is 0 Å². The Hall–Kier alpha value is -2.53. The third-order valence-corrected chi connectivity index (χ3v) is 3.70. The third kappa shape index (κ3) is 5.22. The van der Waals surface area contributed by atoms with Gasteiger partial charge in [0.05, 0.1) is 11.6 Å². The molecule has 0 aliphatic heterocycles. The number of ether oxygens (including phenoxy) is 1. The smallest absolute Gasteiger partial charge is 0.255 e. The van der Waals surface area contributed by atoms with E-state index in [2.05, 4.69) is 10.6 Å². The van der Waals surface area contributed by atoms with Gasteiger partial charge in [-0.2, -0.15) is 0 Å². The highest BCUT2D eigenvalue weighted by Crippen LogP contribution is 2.26. The summed E-state index contributed by atoms with van der Waals surface area (Å²) in [4.78, 5) is 24.1. The van der Waals surface area contributed by atoms with Gasteiger partial charge in [-0.05, 0) is 43.3 Å². The minimum atomic E-state index is -0.294. The van der Waals surface area contributed by atoms with E-state index in [0.717, 1.165) is 0 Å². The molecular formula is C19H21ClN2O3. The van der Waals surface area contributed by atoms with Crippen molar-refractivity contribution in [2.45, 2.75) is 20.8 Å². The molecule has 0 unspecified atom stereocenters. The summed E-state index contributed by atoms with van der Waals surface area (Å²) in [5.41, 5.74) is 1.63. The summed E-state index contributed by atoms with van der Waals surface area (Å²) in [5, 5.41) is 5.97. The van der Waals surface area contributed by atoms with E-state index < -0.39 is 0 Å². The molecule has 5 nitrogen and oxygen atoms in total. The molecular weight excluding hydrogens is 340 g/mol. The lowest BCUT2D eigenvalue weighted by atomic mass is 10.2. The van der Waals surface area contributed by atoms with Crippen LogP contribution in [0.4, 0.5) is 11.4 Å². The van der Waals surface area contributed by atoms with Gasteiger partial charge in [-0.25, -0.2) is 0 Å². The Morgan fingerprint density at radius 2 is 1.76 bits per heavy atom. The van der Waals surface area contributed by atoms with Crippen LogP contribution in [0.2, 0.25) is 5.02 Å². The molecule has 0 bridgehead atoms. The Morgan fingerprint density at radius 3 is 2.36 bits per heavy atom. The van der Waals surface area contributed by atoms with E-state index in [1.807, 2.05) is 20.8 Å². The molecule has 2 N–H and O–H groups in total. The Kier molecular flexibility index (Phi) is 6.42. The highest BCUT2D eigenvalue weighted by Gasteiger charge is 2.11. The largest absolute Gasteiger partial charge is 0.492 e. The van der Waals surface area contributed by atoms with Crippen LogP contribution in [-0.2, 0) is 4.79 Å². The Morgan fingerprint density at radius 1 is 1.08 bits per heavy atom. The summed E-state index contributed by atoms with van der Waals surface area (Å²) in [5.74, 6) is 0.0439. The summed E-state index contributed by atoms with van der Waals surface area (Å²) < 4.78 is 5.36. The first-order valence-corrected chi connectivity index (χ1v) is 8.43. The molecule has 0 fully saturated rings. The van der Waals surface area contributed by atoms with E-state index in [9.17, 15) is 9.59 Å². The van der Waals surface area contributed by atoms with Crippen LogP contribution >= 0.6 is 11.6 Å². The fraction of sp³-hybridized carbons (Fsp3) is 0.263. The molecule has 132 valence electrons. The topological polar surface area (TPSA) is 67.4 Å². The Balaban J connectivity index is 2.10. The Bertz CT molecular complexity index is 775. The number of hydrogen-bond acceptors (Lipinski definition) is 3. The summed E-state index contributed by atoms with van der Waals surface area (Å²) in [6.45, 7) is 6.00. The number of carbonyl (C=O) groups is 2. The van der Waals surface area contributed by atoms with E-state index in [4.69, 9.17) is 16.3 Å². The molecule has 6 heteroatoms. The average Bonchev–Trinajstić information content (AvgIpc) is 2.57. The number of benzene rings is 2. The van der Waals surface area contributed by atoms with Crippen LogP contribution in [-0.4, -0.2) is 18.4 Å². The van der Waals surface area contributed by atoms with Crippen molar-refractivity contribution >= 4 is 34.8 Å². The molecule has 2 aromatic carbocycles. The van der Waals surface area contributed by atoms with Gasteiger partial charge in [0.25, 0.3) is 5.91 Å². The van der Waals surface area contributed by atoms with Crippen molar-refractivity contribution in [2.24, 2.45) is 5.92 Å². The number of nitrogens with one attached hydrogen (secondary N) is 2. The zero-order chi connectivity index (χ0) is 18.4. The van der Waals surface area contributed by atoms with Crippen LogP contribution in [0.3, 0.4) is 0 Å². The van der Waals surface area contributed by atoms with Crippen molar-refractivity contribution in [3.8, 4) is 5.75 Å². The molecule has 0 heterocycles. The van der Waals surface area contributed by atoms with Gasteiger partial charge in [-0.1, -0.05) is 31.5 Å². The zero-order valence-electron chi connectivity index (χ0n) is 14.4. The highest BCUT2D eigenvalue weighted by atomic mass is 35.5. The molecule has 0 radical (unpaired) electrons. The van der Waals surface area contributed by atoms with Gasteiger partial charge in [0.15, 0.2) is 0 Å². The van der Waals surface area contributed by atoms with Crippen molar-refractivity contribution < 1.29 is 14.3 Å². The molecule has 2 aromatic rings. The second kappa shape index (κ2) is 8.53. The molecule has 0 atom stereocenters. The number of carbonyl (C=O) groups excluding carboxylic acids is 2.